The molecule has 118 valence electrons. The van der Waals surface area contributed by atoms with E-state index in [-0.39, 0.29) is 0 Å². The van der Waals surface area contributed by atoms with Crippen molar-refractivity contribution in [2.24, 2.45) is 0 Å². The molecule has 0 spiro atoms. The number of carbonyl (C=O) groups excluding carboxylic acids is 1. The van der Waals surface area contributed by atoms with Gasteiger partial charge in [0, 0.05) is 6.54 Å². The van der Waals surface area contributed by atoms with Crippen LogP contribution in [0, 0.1) is 0 Å². The van der Waals surface area contributed by atoms with E-state index >= 15 is 0 Å². The Balaban J connectivity index is 2.38. The summed E-state index contributed by atoms with van der Waals surface area (Å²) < 4.78 is 5.16. The van der Waals surface area contributed by atoms with Gasteiger partial charge in [0.05, 0.1) is 11.9 Å². The van der Waals surface area contributed by atoms with Crippen molar-refractivity contribution in [2.45, 2.75) is 32.8 Å². The molecule has 0 saturated carbocycles. The molecule has 1 rings (SSSR count). The summed E-state index contributed by atoms with van der Waals surface area (Å²) in [5.41, 5.74) is 0.418. The third kappa shape index (κ3) is 8.14. The van der Waals surface area contributed by atoms with Crippen LogP contribution in [0.25, 0.3) is 0 Å². The average Bonchev–Trinajstić information content (AvgIpc) is 2.34. The molecule has 0 bridgehead atoms. The smallest absolute Gasteiger partial charge is 0.413 e. The Morgan fingerprint density at radius 2 is 2.05 bits per heavy atom. The van der Waals surface area contributed by atoms with Crippen LogP contribution >= 0.6 is 0 Å². The summed E-state index contributed by atoms with van der Waals surface area (Å²) in [6.45, 7) is 7.39. The Bertz CT molecular complexity index is 438. The SMILES string of the molecule is CN(C)CCCNc1ccc(NC(=O)OC(C)(C)C)nc1. The van der Waals surface area contributed by atoms with Crippen LogP contribution in [0.15, 0.2) is 18.3 Å². The fourth-order valence-corrected chi connectivity index (χ4v) is 1.61. The number of aromatic nitrogens is 1. The van der Waals surface area contributed by atoms with E-state index in [0.29, 0.717) is 5.82 Å². The third-order valence-corrected chi connectivity index (χ3v) is 2.50. The topological polar surface area (TPSA) is 66.5 Å². The van der Waals surface area contributed by atoms with Crippen molar-refractivity contribution in [3.8, 4) is 0 Å². The van der Waals surface area contributed by atoms with Crippen molar-refractivity contribution >= 4 is 17.6 Å². The number of carbonyl (C=O) groups is 1. The van der Waals surface area contributed by atoms with Crippen molar-refractivity contribution < 1.29 is 9.53 Å². The quantitative estimate of drug-likeness (QED) is 0.790. The average molecular weight is 294 g/mol. The summed E-state index contributed by atoms with van der Waals surface area (Å²) in [6, 6.07) is 3.63. The maximum Gasteiger partial charge on any atom is 0.413 e. The number of hydrogen-bond donors (Lipinski definition) is 2. The van der Waals surface area contributed by atoms with Crippen molar-refractivity contribution in [2.75, 3.05) is 37.8 Å². The van der Waals surface area contributed by atoms with Crippen molar-refractivity contribution in [3.63, 3.8) is 0 Å². The van der Waals surface area contributed by atoms with Crippen LogP contribution in [-0.2, 0) is 4.74 Å². The summed E-state index contributed by atoms with van der Waals surface area (Å²) in [4.78, 5) is 17.9. The largest absolute Gasteiger partial charge is 0.444 e. The first-order valence-electron chi connectivity index (χ1n) is 7.11. The minimum Gasteiger partial charge on any atom is -0.444 e. The third-order valence-electron chi connectivity index (χ3n) is 2.50. The van der Waals surface area contributed by atoms with Gasteiger partial charge in [-0.2, -0.15) is 0 Å². The number of nitrogens with one attached hydrogen (secondary N) is 2. The number of nitrogens with zero attached hydrogens (tertiary/aromatic N) is 2. The molecule has 0 radical (unpaired) electrons. The second-order valence-corrected chi connectivity index (χ2v) is 6.14. The van der Waals surface area contributed by atoms with Gasteiger partial charge in [0.1, 0.15) is 11.4 Å². The second kappa shape index (κ2) is 7.83. The molecule has 2 N–H and O–H groups in total. The summed E-state index contributed by atoms with van der Waals surface area (Å²) >= 11 is 0. The molecule has 0 aliphatic carbocycles. The van der Waals surface area contributed by atoms with Crippen LogP contribution in [0.4, 0.5) is 16.3 Å². The Hall–Kier alpha value is -1.82. The minimum absolute atomic E-state index is 0.475. The van der Waals surface area contributed by atoms with Gasteiger partial charge in [-0.15, -0.1) is 0 Å². The molecule has 0 aliphatic heterocycles. The van der Waals surface area contributed by atoms with Gasteiger partial charge in [0.2, 0.25) is 0 Å². The molecule has 1 heterocycles. The van der Waals surface area contributed by atoms with Crippen molar-refractivity contribution in [1.82, 2.24) is 9.88 Å². The highest BCUT2D eigenvalue weighted by Crippen LogP contribution is 2.12. The molecule has 21 heavy (non-hydrogen) atoms. The standard InChI is InChI=1S/C15H26N4O2/c1-15(2,3)21-14(20)18-13-8-7-12(11-17-13)16-9-6-10-19(4)5/h7-8,11,16H,6,9-10H2,1-5H3,(H,17,18,20). The highest BCUT2D eigenvalue weighted by molar-refractivity contribution is 5.83. The molecule has 1 amide bonds. The second-order valence-electron chi connectivity index (χ2n) is 6.14. The lowest BCUT2D eigenvalue weighted by Crippen LogP contribution is -2.27. The van der Waals surface area contributed by atoms with Gasteiger partial charge in [-0.1, -0.05) is 0 Å². The summed E-state index contributed by atoms with van der Waals surface area (Å²) in [6.07, 6.45) is 2.26. The molecule has 6 nitrogen and oxygen atoms in total. The summed E-state index contributed by atoms with van der Waals surface area (Å²) in [5, 5.41) is 5.89. The molecular formula is C15H26N4O2. The van der Waals surface area contributed by atoms with E-state index in [9.17, 15) is 4.79 Å². The van der Waals surface area contributed by atoms with Crippen molar-refractivity contribution in [1.29, 1.82) is 0 Å². The number of ether oxygens (including phenoxy) is 1. The lowest BCUT2D eigenvalue weighted by atomic mass is 10.2. The maximum atomic E-state index is 11.6. The molecule has 0 aromatic carbocycles. The van der Waals surface area contributed by atoms with Gasteiger partial charge in [-0.3, -0.25) is 5.32 Å². The van der Waals surface area contributed by atoms with E-state index in [1.807, 2.05) is 26.8 Å². The van der Waals surface area contributed by atoms with Crippen LogP contribution in [0.3, 0.4) is 0 Å². The zero-order valence-corrected chi connectivity index (χ0v) is 13.6. The molecule has 0 aliphatic rings. The highest BCUT2D eigenvalue weighted by atomic mass is 16.6. The first-order chi connectivity index (χ1) is 9.76. The van der Waals surface area contributed by atoms with E-state index in [1.54, 1.807) is 12.3 Å². The first kappa shape index (κ1) is 17.2. The number of amides is 1. The Labute approximate surface area is 126 Å². The Morgan fingerprint density at radius 1 is 1.33 bits per heavy atom. The van der Waals surface area contributed by atoms with Gasteiger partial charge < -0.3 is 15.0 Å². The fraction of sp³-hybridized carbons (Fsp3) is 0.600. The minimum atomic E-state index is -0.516. The van der Waals surface area contributed by atoms with E-state index in [1.165, 1.54) is 0 Å². The van der Waals surface area contributed by atoms with Gasteiger partial charge in [-0.05, 0) is 60.0 Å². The predicted octanol–water partition coefficient (Wildman–Crippen LogP) is 2.79. The number of anilines is 2. The molecule has 0 saturated heterocycles. The maximum absolute atomic E-state index is 11.6. The highest BCUT2D eigenvalue weighted by Gasteiger charge is 2.16. The Morgan fingerprint density at radius 3 is 2.57 bits per heavy atom. The van der Waals surface area contributed by atoms with Gasteiger partial charge in [0.15, 0.2) is 0 Å². The zero-order chi connectivity index (χ0) is 15.9. The van der Waals surface area contributed by atoms with Crippen LogP contribution in [0.1, 0.15) is 27.2 Å². The normalized spacial score (nSPS) is 11.3. The van der Waals surface area contributed by atoms with Gasteiger partial charge >= 0.3 is 6.09 Å². The van der Waals surface area contributed by atoms with E-state index in [4.69, 9.17) is 4.74 Å². The van der Waals surface area contributed by atoms with Gasteiger partial charge in [-0.25, -0.2) is 9.78 Å². The van der Waals surface area contributed by atoms with Crippen LogP contribution in [-0.4, -0.2) is 48.8 Å². The van der Waals surface area contributed by atoms with E-state index in [2.05, 4.69) is 34.6 Å². The van der Waals surface area contributed by atoms with Crippen LogP contribution in [0.2, 0.25) is 0 Å². The predicted molar refractivity (Wildman–Crippen MR) is 85.8 cm³/mol. The monoisotopic (exact) mass is 294 g/mol. The Kier molecular flexibility index (Phi) is 6.42. The van der Waals surface area contributed by atoms with E-state index < -0.39 is 11.7 Å². The molecule has 0 atom stereocenters. The fourth-order valence-electron chi connectivity index (χ4n) is 1.61. The number of pyridine rings is 1. The molecule has 6 heteroatoms. The molecule has 0 unspecified atom stereocenters. The van der Waals surface area contributed by atoms with E-state index in [0.717, 1.165) is 25.2 Å². The lowest BCUT2D eigenvalue weighted by Gasteiger charge is -2.19. The molecular weight excluding hydrogens is 268 g/mol. The zero-order valence-electron chi connectivity index (χ0n) is 13.6. The summed E-state index contributed by atoms with van der Waals surface area (Å²) in [7, 11) is 4.11. The summed E-state index contributed by atoms with van der Waals surface area (Å²) in [5.74, 6) is 0.475. The lowest BCUT2D eigenvalue weighted by molar-refractivity contribution is 0.0635. The van der Waals surface area contributed by atoms with Crippen molar-refractivity contribution in [3.05, 3.63) is 18.3 Å². The number of hydrogen-bond acceptors (Lipinski definition) is 5. The van der Waals surface area contributed by atoms with Crippen LogP contribution < -0.4 is 10.6 Å². The first-order valence-corrected chi connectivity index (χ1v) is 7.11. The molecule has 1 aromatic rings. The van der Waals surface area contributed by atoms with Crippen LogP contribution in [0.5, 0.6) is 0 Å². The molecule has 1 aromatic heterocycles. The number of rotatable bonds is 6. The molecule has 0 fully saturated rings. The van der Waals surface area contributed by atoms with Gasteiger partial charge in [0.25, 0.3) is 0 Å².